The number of piperidine rings is 1. The van der Waals surface area contributed by atoms with Gasteiger partial charge in [0.15, 0.2) is 0 Å². The van der Waals surface area contributed by atoms with Gasteiger partial charge < -0.3 is 19.3 Å². The molecule has 9 nitrogen and oxygen atoms in total. The molecule has 1 aromatic heterocycles. The number of likely N-dealkylation sites (tertiary alicyclic amines) is 1. The highest BCUT2D eigenvalue weighted by molar-refractivity contribution is 7.90. The van der Waals surface area contributed by atoms with Crippen molar-refractivity contribution in [2.45, 2.75) is 43.0 Å². The molecule has 1 atom stereocenters. The van der Waals surface area contributed by atoms with Crippen molar-refractivity contribution in [2.24, 2.45) is 0 Å². The van der Waals surface area contributed by atoms with Crippen LogP contribution in [0.25, 0.3) is 21.7 Å². The molecule has 44 heavy (non-hydrogen) atoms. The molecule has 4 aromatic rings. The van der Waals surface area contributed by atoms with Crippen molar-refractivity contribution in [1.82, 2.24) is 13.8 Å². The number of amides is 1. The number of benzene rings is 3. The summed E-state index contributed by atoms with van der Waals surface area (Å²) < 4.78 is 80.7. The van der Waals surface area contributed by atoms with E-state index in [4.69, 9.17) is 9.47 Å². The number of hydrogen-bond acceptors (Lipinski definition) is 7. The molecule has 234 valence electrons. The molecule has 1 amide bonds. The molecule has 2 heterocycles. The van der Waals surface area contributed by atoms with E-state index in [1.54, 1.807) is 36.4 Å². The van der Waals surface area contributed by atoms with Crippen LogP contribution >= 0.6 is 0 Å². The highest BCUT2D eigenvalue weighted by Gasteiger charge is 2.46. The van der Waals surface area contributed by atoms with Crippen molar-refractivity contribution in [1.29, 1.82) is 0 Å². The number of methoxy groups -OCH3 is 1. The fourth-order valence-electron chi connectivity index (χ4n) is 5.90. The molecule has 1 unspecified atom stereocenters. The van der Waals surface area contributed by atoms with Gasteiger partial charge in [0, 0.05) is 40.5 Å². The first-order valence-electron chi connectivity index (χ1n) is 13.9. The summed E-state index contributed by atoms with van der Waals surface area (Å²) in [5.74, 6) is -2.97. The lowest BCUT2D eigenvalue weighted by molar-refractivity contribution is -0.207. The summed E-state index contributed by atoms with van der Waals surface area (Å²) in [6, 6.07) is 15.5. The third kappa shape index (κ3) is 5.50. The van der Waals surface area contributed by atoms with Gasteiger partial charge in [-0.3, -0.25) is 4.79 Å². The predicted molar refractivity (Wildman–Crippen MR) is 158 cm³/mol. The highest BCUT2D eigenvalue weighted by Crippen LogP contribution is 2.39. The van der Waals surface area contributed by atoms with Crippen LogP contribution in [-0.2, 0) is 24.3 Å². The Hall–Kier alpha value is -4.10. The molecule has 1 aliphatic rings. The third-order valence-corrected chi connectivity index (χ3v) is 10.1. The topological polar surface area (TPSA) is 98.1 Å². The molecule has 0 N–H and O–H groups in total. The van der Waals surface area contributed by atoms with Crippen molar-refractivity contribution in [3.05, 3.63) is 71.9 Å². The van der Waals surface area contributed by atoms with Crippen LogP contribution in [-0.4, -0.2) is 80.6 Å². The Morgan fingerprint density at radius 3 is 2.16 bits per heavy atom. The minimum absolute atomic E-state index is 0.0591. The maximum Gasteiger partial charge on any atom is 0.490 e. The van der Waals surface area contributed by atoms with E-state index in [0.717, 1.165) is 3.97 Å². The first-order valence-corrected chi connectivity index (χ1v) is 15.4. The minimum Gasteiger partial charge on any atom is -0.496 e. The Kier molecular flexibility index (Phi) is 8.38. The number of alkyl halides is 3. The lowest BCUT2D eigenvalue weighted by Crippen LogP contribution is -2.47. The second-order valence-electron chi connectivity index (χ2n) is 10.9. The van der Waals surface area contributed by atoms with Crippen LogP contribution in [0.4, 0.5) is 13.2 Å². The van der Waals surface area contributed by atoms with Crippen molar-refractivity contribution >= 4 is 43.6 Å². The van der Waals surface area contributed by atoms with E-state index in [9.17, 15) is 31.2 Å². The van der Waals surface area contributed by atoms with E-state index in [-0.39, 0.29) is 33.1 Å². The van der Waals surface area contributed by atoms with E-state index in [0.29, 0.717) is 42.5 Å². The average molecular weight is 632 g/mol. The molecule has 0 aliphatic carbocycles. The van der Waals surface area contributed by atoms with Crippen molar-refractivity contribution in [2.75, 3.05) is 34.3 Å². The molecule has 0 radical (unpaired) electrons. The number of nitrogens with zero attached hydrogens (tertiary/aromatic N) is 3. The Bertz CT molecular complexity index is 1850. The van der Waals surface area contributed by atoms with Gasteiger partial charge in [-0.05, 0) is 58.1 Å². The summed E-state index contributed by atoms with van der Waals surface area (Å²) in [6.07, 6.45) is -6.30. The number of esters is 1. The molecular formula is C31H32F3N3O6S. The van der Waals surface area contributed by atoms with E-state index in [2.05, 4.69) is 4.90 Å². The van der Waals surface area contributed by atoms with Crippen LogP contribution in [0, 0.1) is 6.92 Å². The van der Waals surface area contributed by atoms with Gasteiger partial charge in [0.2, 0.25) is 6.10 Å². The molecule has 1 saturated heterocycles. The summed E-state index contributed by atoms with van der Waals surface area (Å²) in [4.78, 5) is 29.5. The molecule has 5 rings (SSSR count). The monoisotopic (exact) mass is 631 g/mol. The molecule has 0 bridgehead atoms. The van der Waals surface area contributed by atoms with Gasteiger partial charge in [-0.1, -0.05) is 42.5 Å². The quantitative estimate of drug-likeness (QED) is 0.264. The van der Waals surface area contributed by atoms with Crippen LogP contribution in [0.5, 0.6) is 5.75 Å². The number of aromatic nitrogens is 1. The second-order valence-corrected chi connectivity index (χ2v) is 12.6. The zero-order valence-corrected chi connectivity index (χ0v) is 25.4. The number of hydrogen-bond donors (Lipinski definition) is 0. The fraction of sp³-hybridized carbons (Fsp3) is 0.355. The van der Waals surface area contributed by atoms with Gasteiger partial charge in [-0.15, -0.1) is 0 Å². The third-order valence-electron chi connectivity index (χ3n) is 8.22. The first-order chi connectivity index (χ1) is 20.8. The largest absolute Gasteiger partial charge is 0.496 e. The maximum absolute atomic E-state index is 14.4. The van der Waals surface area contributed by atoms with Crippen molar-refractivity contribution in [3.63, 3.8) is 0 Å². The number of fused-ring (bicyclic) bond motifs is 2. The van der Waals surface area contributed by atoms with E-state index in [1.165, 1.54) is 50.2 Å². The van der Waals surface area contributed by atoms with Gasteiger partial charge in [0.25, 0.3) is 15.9 Å². The summed E-state index contributed by atoms with van der Waals surface area (Å²) >= 11 is 0. The van der Waals surface area contributed by atoms with E-state index >= 15 is 0 Å². The summed E-state index contributed by atoms with van der Waals surface area (Å²) in [7, 11) is 0.431. The second kappa shape index (κ2) is 11.8. The van der Waals surface area contributed by atoms with Gasteiger partial charge in [-0.25, -0.2) is 17.2 Å². The Morgan fingerprint density at radius 1 is 0.955 bits per heavy atom. The molecule has 13 heteroatoms. The lowest BCUT2D eigenvalue weighted by atomic mass is 10.0. The SMILES string of the molecule is COc1ccc(S(=O)(=O)n2c(C)c(C(OC(=O)C(F)(F)F)C(=O)N(C)C3CCN(C)CC3)c3ccccc32)c2ccccc12. The molecule has 0 spiro atoms. The number of carbonyl (C=O) groups excluding carboxylic acids is 2. The van der Waals surface area contributed by atoms with Gasteiger partial charge in [-0.2, -0.15) is 13.2 Å². The van der Waals surface area contributed by atoms with Crippen LogP contribution in [0.15, 0.2) is 65.6 Å². The smallest absolute Gasteiger partial charge is 0.490 e. The maximum atomic E-state index is 14.4. The Morgan fingerprint density at radius 2 is 1.55 bits per heavy atom. The Balaban J connectivity index is 1.71. The summed E-state index contributed by atoms with van der Waals surface area (Å²) in [6.45, 7) is 2.72. The predicted octanol–water partition coefficient (Wildman–Crippen LogP) is 5.05. The number of ether oxygens (including phenoxy) is 2. The Labute approximate surface area is 252 Å². The molecule has 1 aliphatic heterocycles. The number of carbonyl (C=O) groups is 2. The standard InChI is InChI=1S/C31H32F3N3O6S/c1-19-27(28(43-30(39)31(32,33)34)29(38)36(3)20-15-17-35(2)18-16-20)23-11-7-8-12-24(23)37(19)44(40,41)26-14-13-25(42-4)21-9-5-6-10-22(21)26/h5-14,20,28H,15-18H2,1-4H3. The van der Waals surface area contributed by atoms with Gasteiger partial charge in [0.05, 0.1) is 17.5 Å². The average Bonchev–Trinajstić information content (AvgIpc) is 3.30. The van der Waals surface area contributed by atoms with Gasteiger partial charge >= 0.3 is 12.1 Å². The van der Waals surface area contributed by atoms with Crippen molar-refractivity contribution < 1.29 is 40.7 Å². The van der Waals surface area contributed by atoms with Crippen LogP contribution in [0.3, 0.4) is 0 Å². The number of halogens is 3. The van der Waals surface area contributed by atoms with Crippen LogP contribution < -0.4 is 4.74 Å². The van der Waals surface area contributed by atoms with Crippen LogP contribution in [0.2, 0.25) is 0 Å². The molecule has 1 fully saturated rings. The fourth-order valence-corrected chi connectivity index (χ4v) is 7.67. The summed E-state index contributed by atoms with van der Waals surface area (Å²) in [5.41, 5.74) is -0.0803. The van der Waals surface area contributed by atoms with Gasteiger partial charge in [0.1, 0.15) is 5.75 Å². The van der Waals surface area contributed by atoms with E-state index in [1.807, 2.05) is 7.05 Å². The minimum atomic E-state index is -5.38. The van der Waals surface area contributed by atoms with E-state index < -0.39 is 34.2 Å². The molecular weight excluding hydrogens is 599 g/mol. The normalized spacial score (nSPS) is 15.8. The molecule has 3 aromatic carbocycles. The van der Waals surface area contributed by atoms with Crippen LogP contribution in [0.1, 0.15) is 30.2 Å². The molecule has 0 saturated carbocycles. The van der Waals surface area contributed by atoms with Crippen molar-refractivity contribution in [3.8, 4) is 5.75 Å². The zero-order chi connectivity index (χ0) is 32.0. The summed E-state index contributed by atoms with van der Waals surface area (Å²) in [5, 5.41) is 1.07. The number of rotatable bonds is 7. The zero-order valence-electron chi connectivity index (χ0n) is 24.6. The highest BCUT2D eigenvalue weighted by atomic mass is 32.2. The number of para-hydroxylation sites is 1. The number of likely N-dealkylation sites (N-methyl/N-ethyl adjacent to an activating group) is 1. The lowest BCUT2D eigenvalue weighted by Gasteiger charge is -2.36. The first kappa shape index (κ1) is 31.3.